The highest BCUT2D eigenvalue weighted by Crippen LogP contribution is 2.20. The van der Waals surface area contributed by atoms with Gasteiger partial charge in [-0.1, -0.05) is 0 Å². The quantitative estimate of drug-likeness (QED) is 0.592. The van der Waals surface area contributed by atoms with Crippen LogP contribution in [0.3, 0.4) is 0 Å². The standard InChI is InChI=1S/C10H14FN3O4S/c1-7(12)4-5-13-19(17,18)10-6-8(14(15)16)2-3-9(10)11/h2-3,6-7,13H,4-5,12H2,1H3. The van der Waals surface area contributed by atoms with Gasteiger partial charge in [0.1, 0.15) is 10.7 Å². The molecular weight excluding hydrogens is 277 g/mol. The lowest BCUT2D eigenvalue weighted by molar-refractivity contribution is -0.385. The van der Waals surface area contributed by atoms with E-state index in [1.165, 1.54) is 0 Å². The van der Waals surface area contributed by atoms with Gasteiger partial charge in [-0.3, -0.25) is 10.1 Å². The summed E-state index contributed by atoms with van der Waals surface area (Å²) in [5.74, 6) is -1.04. The lowest BCUT2D eigenvalue weighted by atomic mass is 10.3. The minimum absolute atomic E-state index is 0.0299. The van der Waals surface area contributed by atoms with Crippen molar-refractivity contribution in [3.63, 3.8) is 0 Å². The number of nitro groups is 1. The Hall–Kier alpha value is -1.58. The van der Waals surface area contributed by atoms with Crippen molar-refractivity contribution in [3.05, 3.63) is 34.1 Å². The number of rotatable bonds is 6. The minimum Gasteiger partial charge on any atom is -0.328 e. The first kappa shape index (κ1) is 15.5. The Balaban J connectivity index is 3.00. The van der Waals surface area contributed by atoms with E-state index < -0.39 is 31.3 Å². The first-order valence-electron chi connectivity index (χ1n) is 5.43. The average molecular weight is 291 g/mol. The number of nitrogens with two attached hydrogens (primary N) is 1. The summed E-state index contributed by atoms with van der Waals surface area (Å²) in [6.45, 7) is 1.73. The zero-order valence-electron chi connectivity index (χ0n) is 10.2. The fourth-order valence-corrected chi connectivity index (χ4v) is 2.45. The van der Waals surface area contributed by atoms with E-state index in [0.717, 1.165) is 12.1 Å². The second-order valence-corrected chi connectivity index (χ2v) is 5.77. The number of hydrogen-bond acceptors (Lipinski definition) is 5. The summed E-state index contributed by atoms with van der Waals surface area (Å²) in [7, 11) is -4.13. The highest BCUT2D eigenvalue weighted by atomic mass is 32.2. The van der Waals surface area contributed by atoms with Crippen molar-refractivity contribution in [3.8, 4) is 0 Å². The van der Waals surface area contributed by atoms with E-state index in [9.17, 15) is 22.9 Å². The van der Waals surface area contributed by atoms with Crippen LogP contribution < -0.4 is 10.5 Å². The molecule has 0 bridgehead atoms. The smallest absolute Gasteiger partial charge is 0.270 e. The molecule has 19 heavy (non-hydrogen) atoms. The summed E-state index contributed by atoms with van der Waals surface area (Å²) >= 11 is 0. The molecule has 0 aliphatic carbocycles. The van der Waals surface area contributed by atoms with E-state index in [4.69, 9.17) is 5.73 Å². The van der Waals surface area contributed by atoms with Gasteiger partial charge in [0.15, 0.2) is 0 Å². The maximum atomic E-state index is 13.4. The molecule has 0 saturated heterocycles. The number of nitrogens with one attached hydrogen (secondary N) is 1. The van der Waals surface area contributed by atoms with Crippen LogP contribution in [0.5, 0.6) is 0 Å². The van der Waals surface area contributed by atoms with Crippen LogP contribution in [-0.2, 0) is 10.0 Å². The first-order chi connectivity index (χ1) is 8.74. The topological polar surface area (TPSA) is 115 Å². The summed E-state index contributed by atoms with van der Waals surface area (Å²) in [4.78, 5) is 9.01. The molecule has 106 valence electrons. The van der Waals surface area contributed by atoms with Crippen molar-refractivity contribution < 1.29 is 17.7 Å². The molecular formula is C10H14FN3O4S. The van der Waals surface area contributed by atoms with Crippen molar-refractivity contribution in [1.29, 1.82) is 0 Å². The Morgan fingerprint density at radius 3 is 2.68 bits per heavy atom. The lowest BCUT2D eigenvalue weighted by Gasteiger charge is -2.09. The van der Waals surface area contributed by atoms with Crippen LogP contribution in [0.4, 0.5) is 10.1 Å². The van der Waals surface area contributed by atoms with E-state index in [1.807, 2.05) is 0 Å². The predicted octanol–water partition coefficient (Wildman–Crippen LogP) is 0.750. The van der Waals surface area contributed by atoms with Crippen molar-refractivity contribution in [2.75, 3.05) is 6.54 Å². The minimum atomic E-state index is -4.13. The summed E-state index contributed by atoms with van der Waals surface area (Å²) in [6.07, 6.45) is 0.371. The number of halogens is 1. The molecule has 0 fully saturated rings. The molecule has 1 unspecified atom stereocenters. The molecule has 1 aromatic carbocycles. The zero-order chi connectivity index (χ0) is 14.6. The molecule has 1 atom stereocenters. The molecule has 1 rings (SSSR count). The summed E-state index contributed by atoms with van der Waals surface area (Å²) < 4.78 is 39.2. The highest BCUT2D eigenvalue weighted by molar-refractivity contribution is 7.89. The number of nitro benzene ring substituents is 1. The lowest BCUT2D eigenvalue weighted by Crippen LogP contribution is -2.29. The van der Waals surface area contributed by atoms with Crippen LogP contribution >= 0.6 is 0 Å². The number of benzene rings is 1. The van der Waals surface area contributed by atoms with Gasteiger partial charge in [0.05, 0.1) is 4.92 Å². The molecule has 0 aromatic heterocycles. The van der Waals surface area contributed by atoms with E-state index in [2.05, 4.69) is 4.72 Å². The van der Waals surface area contributed by atoms with Crippen molar-refractivity contribution in [1.82, 2.24) is 4.72 Å². The Morgan fingerprint density at radius 1 is 1.53 bits per heavy atom. The molecule has 0 aliphatic heterocycles. The molecule has 0 aliphatic rings. The van der Waals surface area contributed by atoms with Gasteiger partial charge in [-0.05, 0) is 19.4 Å². The van der Waals surface area contributed by atoms with Crippen LogP contribution in [0.1, 0.15) is 13.3 Å². The summed E-state index contributed by atoms with van der Waals surface area (Å²) in [5.41, 5.74) is 4.96. The van der Waals surface area contributed by atoms with Gasteiger partial charge in [-0.15, -0.1) is 0 Å². The number of hydrogen-bond donors (Lipinski definition) is 2. The third kappa shape index (κ3) is 4.23. The van der Waals surface area contributed by atoms with Crippen LogP contribution in [0.2, 0.25) is 0 Å². The molecule has 7 nitrogen and oxygen atoms in total. The normalized spacial score (nSPS) is 13.2. The maximum absolute atomic E-state index is 13.4. The van der Waals surface area contributed by atoms with E-state index in [0.29, 0.717) is 12.5 Å². The zero-order valence-corrected chi connectivity index (χ0v) is 11.0. The largest absolute Gasteiger partial charge is 0.328 e. The van der Waals surface area contributed by atoms with Crippen LogP contribution in [-0.4, -0.2) is 25.9 Å². The highest BCUT2D eigenvalue weighted by Gasteiger charge is 2.22. The SMILES string of the molecule is CC(N)CCNS(=O)(=O)c1cc([N+](=O)[O-])ccc1F. The number of non-ortho nitro benzene ring substituents is 1. The van der Waals surface area contributed by atoms with Crippen molar-refractivity contribution >= 4 is 15.7 Å². The molecule has 0 amide bonds. The summed E-state index contributed by atoms with van der Waals surface area (Å²) in [5, 5.41) is 10.5. The molecule has 0 saturated carbocycles. The molecule has 3 N–H and O–H groups in total. The third-order valence-corrected chi connectivity index (χ3v) is 3.78. The molecule has 1 aromatic rings. The van der Waals surface area contributed by atoms with Gasteiger partial charge in [-0.25, -0.2) is 17.5 Å². The predicted molar refractivity (Wildman–Crippen MR) is 66.5 cm³/mol. The van der Waals surface area contributed by atoms with E-state index in [1.54, 1.807) is 6.92 Å². The molecule has 0 radical (unpaired) electrons. The van der Waals surface area contributed by atoms with Gasteiger partial charge in [0.25, 0.3) is 5.69 Å². The van der Waals surface area contributed by atoms with Crippen LogP contribution in [0.25, 0.3) is 0 Å². The van der Waals surface area contributed by atoms with Crippen molar-refractivity contribution in [2.45, 2.75) is 24.3 Å². The van der Waals surface area contributed by atoms with E-state index in [-0.39, 0.29) is 12.6 Å². The fourth-order valence-electron chi connectivity index (χ4n) is 1.31. The number of nitrogens with zero attached hydrogens (tertiary/aromatic N) is 1. The summed E-state index contributed by atoms with van der Waals surface area (Å²) in [6, 6.07) is 2.12. The van der Waals surface area contributed by atoms with Crippen molar-refractivity contribution in [2.24, 2.45) is 5.73 Å². The van der Waals surface area contributed by atoms with Crippen LogP contribution in [0, 0.1) is 15.9 Å². The molecule has 0 heterocycles. The molecule has 9 heteroatoms. The first-order valence-corrected chi connectivity index (χ1v) is 6.91. The monoisotopic (exact) mass is 291 g/mol. The van der Waals surface area contributed by atoms with Gasteiger partial charge >= 0.3 is 0 Å². The molecule has 0 spiro atoms. The Labute approximate surface area is 109 Å². The third-order valence-electron chi connectivity index (χ3n) is 2.31. The fraction of sp³-hybridized carbons (Fsp3) is 0.400. The Bertz CT molecular complexity index is 574. The Morgan fingerprint density at radius 2 is 2.16 bits per heavy atom. The second kappa shape index (κ2) is 6.04. The number of sulfonamides is 1. The Kier molecular flexibility index (Phi) is 4.92. The second-order valence-electron chi connectivity index (χ2n) is 4.04. The van der Waals surface area contributed by atoms with Gasteiger partial charge in [0, 0.05) is 24.7 Å². The average Bonchev–Trinajstić information content (AvgIpc) is 2.28. The van der Waals surface area contributed by atoms with Crippen LogP contribution in [0.15, 0.2) is 23.1 Å². The van der Waals surface area contributed by atoms with Gasteiger partial charge < -0.3 is 5.73 Å². The maximum Gasteiger partial charge on any atom is 0.270 e. The van der Waals surface area contributed by atoms with E-state index >= 15 is 0 Å². The van der Waals surface area contributed by atoms with Gasteiger partial charge in [0.2, 0.25) is 10.0 Å². The van der Waals surface area contributed by atoms with Gasteiger partial charge in [-0.2, -0.15) is 0 Å².